The van der Waals surface area contributed by atoms with Gasteiger partial charge < -0.3 is 9.16 Å². The second-order valence-corrected chi connectivity index (χ2v) is 14.9. The highest BCUT2D eigenvalue weighted by molar-refractivity contribution is 8.00. The van der Waals surface area contributed by atoms with E-state index in [0.717, 1.165) is 0 Å². The van der Waals surface area contributed by atoms with Crippen LogP contribution in [0.5, 0.6) is 0 Å². The van der Waals surface area contributed by atoms with Crippen LogP contribution in [0.25, 0.3) is 0 Å². The molecule has 1 aromatic heterocycles. The van der Waals surface area contributed by atoms with Crippen LogP contribution in [0.3, 0.4) is 0 Å². The lowest BCUT2D eigenvalue weighted by molar-refractivity contribution is -0.00359. The quantitative estimate of drug-likeness (QED) is 0.523. The van der Waals surface area contributed by atoms with E-state index in [1.165, 1.54) is 21.1 Å². The Balaban J connectivity index is 1.62. The highest BCUT2D eigenvalue weighted by Gasteiger charge is 2.50. The Morgan fingerprint density at radius 2 is 1.67 bits per heavy atom. The highest BCUT2D eigenvalue weighted by atomic mass is 35.5. The summed E-state index contributed by atoms with van der Waals surface area (Å²) < 4.78 is 14.4. The highest BCUT2D eigenvalue weighted by Crippen LogP contribution is 2.38. The summed E-state index contributed by atoms with van der Waals surface area (Å²) in [6.45, 7) is 7.06. The van der Waals surface area contributed by atoms with Crippen LogP contribution in [0.1, 0.15) is 27.0 Å². The van der Waals surface area contributed by atoms with E-state index in [4.69, 9.17) is 20.8 Å². The molecule has 2 heterocycles. The minimum Gasteiger partial charge on any atom is -0.404 e. The lowest BCUT2D eigenvalue weighted by atomic mass is 10.2. The summed E-state index contributed by atoms with van der Waals surface area (Å²) in [5.74, 6) is 0.553. The van der Waals surface area contributed by atoms with Crippen molar-refractivity contribution in [3.8, 4) is 0 Å². The Bertz CT molecular complexity index is 1170. The van der Waals surface area contributed by atoms with Gasteiger partial charge in [0, 0.05) is 11.9 Å². The van der Waals surface area contributed by atoms with Crippen molar-refractivity contribution in [3.63, 3.8) is 0 Å². The predicted octanol–water partition coefficient (Wildman–Crippen LogP) is 3.35. The molecule has 0 radical (unpaired) electrons. The molecule has 33 heavy (non-hydrogen) atoms. The first-order chi connectivity index (χ1) is 15.7. The number of hydrogen-bond acceptors (Lipinski definition) is 5. The molecular formula is C24H27ClN2O4SSi. The molecule has 1 saturated heterocycles. The first-order valence-corrected chi connectivity index (χ1v) is 14.1. The van der Waals surface area contributed by atoms with Crippen LogP contribution in [-0.2, 0) is 9.16 Å². The van der Waals surface area contributed by atoms with Crippen molar-refractivity contribution in [3.05, 3.63) is 92.7 Å². The molecule has 4 rings (SSSR count). The van der Waals surface area contributed by atoms with Crippen LogP contribution in [0.2, 0.25) is 10.1 Å². The molecule has 6 nitrogen and oxygen atoms in total. The second kappa shape index (κ2) is 9.64. The third-order valence-corrected chi connectivity index (χ3v) is 12.2. The van der Waals surface area contributed by atoms with Crippen molar-refractivity contribution in [2.24, 2.45) is 0 Å². The van der Waals surface area contributed by atoms with Crippen molar-refractivity contribution in [1.82, 2.24) is 9.55 Å². The summed E-state index contributed by atoms with van der Waals surface area (Å²) in [6.07, 6.45) is 0.809. The summed E-state index contributed by atoms with van der Waals surface area (Å²) in [6, 6.07) is 20.9. The smallest absolute Gasteiger partial charge is 0.330 e. The third kappa shape index (κ3) is 4.76. The molecule has 2 aromatic carbocycles. The van der Waals surface area contributed by atoms with Gasteiger partial charge in [-0.1, -0.05) is 93.0 Å². The molecule has 0 amide bonds. The maximum atomic E-state index is 12.2. The van der Waals surface area contributed by atoms with Gasteiger partial charge in [-0.05, 0) is 15.4 Å². The molecule has 1 N–H and O–H groups in total. The van der Waals surface area contributed by atoms with E-state index in [2.05, 4.69) is 74.3 Å². The Labute approximate surface area is 203 Å². The fourth-order valence-electron chi connectivity index (χ4n) is 4.31. The average Bonchev–Trinajstić information content (AvgIpc) is 3.26. The van der Waals surface area contributed by atoms with E-state index in [1.807, 2.05) is 12.1 Å². The number of nitrogens with one attached hydrogen (secondary N) is 1. The number of thioether (sulfide) groups is 1. The van der Waals surface area contributed by atoms with Crippen LogP contribution in [0, 0.1) is 0 Å². The standard InChI is InChI=1S/C24H27ClN2O4SSi/c1-24(2,3)33(17-10-6-4-7-11-17,18-12-8-5-9-13-18)30-15-21-31-20(16-32-21)27-14-19(25)22(28)26-23(27)29/h4-14,20-21H,15-16H2,1-3H3,(H,26,28,29)/t20?,21-/m1/s1. The van der Waals surface area contributed by atoms with Gasteiger partial charge in [-0.25, -0.2) is 4.79 Å². The lowest BCUT2D eigenvalue weighted by Gasteiger charge is -2.43. The van der Waals surface area contributed by atoms with Crippen molar-refractivity contribution in [1.29, 1.82) is 0 Å². The number of ether oxygens (including phenoxy) is 1. The average molecular weight is 503 g/mol. The second-order valence-electron chi connectivity index (χ2n) is 8.97. The molecule has 1 fully saturated rings. The van der Waals surface area contributed by atoms with Gasteiger partial charge >= 0.3 is 5.69 Å². The number of aromatic amines is 1. The molecule has 1 aliphatic rings. The molecule has 2 atom stereocenters. The summed E-state index contributed by atoms with van der Waals surface area (Å²) in [5.41, 5.74) is -1.40. The molecule has 174 valence electrons. The zero-order chi connectivity index (χ0) is 23.6. The number of hydrogen-bond donors (Lipinski definition) is 1. The number of rotatable bonds is 6. The largest absolute Gasteiger partial charge is 0.404 e. The molecule has 1 aliphatic heterocycles. The van der Waals surface area contributed by atoms with Gasteiger partial charge in [-0.3, -0.25) is 14.3 Å². The number of halogens is 1. The zero-order valence-corrected chi connectivity index (χ0v) is 21.4. The molecule has 0 aliphatic carbocycles. The van der Waals surface area contributed by atoms with Gasteiger partial charge in [0.25, 0.3) is 13.9 Å². The monoisotopic (exact) mass is 502 g/mol. The maximum Gasteiger partial charge on any atom is 0.330 e. The Kier molecular flexibility index (Phi) is 7.02. The van der Waals surface area contributed by atoms with Gasteiger partial charge in [0.2, 0.25) is 0 Å². The summed E-state index contributed by atoms with van der Waals surface area (Å²) >= 11 is 7.51. The van der Waals surface area contributed by atoms with E-state index in [9.17, 15) is 9.59 Å². The van der Waals surface area contributed by atoms with Gasteiger partial charge in [0.15, 0.2) is 0 Å². The van der Waals surface area contributed by atoms with Crippen molar-refractivity contribution in [2.75, 3.05) is 12.4 Å². The van der Waals surface area contributed by atoms with E-state index in [0.29, 0.717) is 12.4 Å². The third-order valence-electron chi connectivity index (χ3n) is 5.82. The molecule has 0 bridgehead atoms. The fraction of sp³-hybridized carbons (Fsp3) is 0.333. The molecular weight excluding hydrogens is 476 g/mol. The number of H-pyrrole nitrogens is 1. The number of aromatic nitrogens is 2. The van der Waals surface area contributed by atoms with E-state index < -0.39 is 25.8 Å². The van der Waals surface area contributed by atoms with Crippen LogP contribution in [0.15, 0.2) is 76.4 Å². The molecule has 0 spiro atoms. The van der Waals surface area contributed by atoms with Crippen LogP contribution in [-0.4, -0.2) is 35.7 Å². The number of nitrogens with zero attached hydrogens (tertiary/aromatic N) is 1. The van der Waals surface area contributed by atoms with Crippen molar-refractivity contribution < 1.29 is 9.16 Å². The van der Waals surface area contributed by atoms with Gasteiger partial charge in [-0.15, -0.1) is 11.8 Å². The summed E-state index contributed by atoms with van der Waals surface area (Å²) in [4.78, 5) is 26.0. The van der Waals surface area contributed by atoms with Crippen LogP contribution < -0.4 is 21.6 Å². The molecule has 0 saturated carbocycles. The van der Waals surface area contributed by atoms with Gasteiger partial charge in [-0.2, -0.15) is 0 Å². The normalized spacial score (nSPS) is 19.0. The summed E-state index contributed by atoms with van der Waals surface area (Å²) in [5, 5.41) is 2.22. The Morgan fingerprint density at radius 3 is 2.21 bits per heavy atom. The predicted molar refractivity (Wildman–Crippen MR) is 136 cm³/mol. The minimum atomic E-state index is -2.68. The molecule has 9 heteroatoms. The first-order valence-electron chi connectivity index (χ1n) is 10.8. The Morgan fingerprint density at radius 1 is 1.09 bits per heavy atom. The summed E-state index contributed by atoms with van der Waals surface area (Å²) in [7, 11) is -2.68. The molecule has 3 aromatic rings. The first kappa shape index (κ1) is 24.0. The van der Waals surface area contributed by atoms with E-state index in [1.54, 1.807) is 11.8 Å². The van der Waals surface area contributed by atoms with Crippen molar-refractivity contribution >= 4 is 42.1 Å². The molecule has 1 unspecified atom stereocenters. The SMILES string of the molecule is CC(C)(C)[Si](OC[C@@H]1OC(n2cc(Cl)c(=O)[nH]c2=O)CS1)(c1ccccc1)c1ccccc1. The maximum absolute atomic E-state index is 12.2. The number of benzene rings is 2. The zero-order valence-electron chi connectivity index (χ0n) is 18.8. The van der Waals surface area contributed by atoms with E-state index in [-0.39, 0.29) is 15.5 Å². The van der Waals surface area contributed by atoms with E-state index >= 15 is 0 Å². The van der Waals surface area contributed by atoms with Crippen LogP contribution in [0.4, 0.5) is 0 Å². The van der Waals surface area contributed by atoms with Crippen molar-refractivity contribution in [2.45, 2.75) is 37.5 Å². The van der Waals surface area contributed by atoms with Gasteiger partial charge in [0.05, 0.1) is 6.61 Å². The minimum absolute atomic E-state index is 0.0461. The topological polar surface area (TPSA) is 73.3 Å². The van der Waals surface area contributed by atoms with Crippen LogP contribution >= 0.6 is 23.4 Å². The fourth-order valence-corrected chi connectivity index (χ4v) is 10.1. The van der Waals surface area contributed by atoms with Gasteiger partial charge in [0.1, 0.15) is 16.7 Å². The Hall–Kier alpha value is -2.10. The lowest BCUT2D eigenvalue weighted by Crippen LogP contribution is -2.67.